The van der Waals surface area contributed by atoms with E-state index in [1.54, 1.807) is 11.3 Å². The van der Waals surface area contributed by atoms with Crippen molar-refractivity contribution in [3.8, 4) is 0 Å². The highest BCUT2D eigenvalue weighted by molar-refractivity contribution is 7.10. The maximum Gasteiger partial charge on any atom is 0.339 e. The number of para-hydroxylation sites is 1. The number of thiophene rings is 1. The summed E-state index contributed by atoms with van der Waals surface area (Å²) in [6.07, 6.45) is 4.75. The van der Waals surface area contributed by atoms with Gasteiger partial charge in [-0.05, 0) is 65.3 Å². The van der Waals surface area contributed by atoms with Gasteiger partial charge in [0.1, 0.15) is 0 Å². The second kappa shape index (κ2) is 9.62. The lowest BCUT2D eigenvalue weighted by molar-refractivity contribution is -0.143. The molecule has 6 nitrogen and oxygen atoms in total. The number of likely N-dealkylation sites (tertiary alicyclic amines) is 1. The van der Waals surface area contributed by atoms with Gasteiger partial charge in [-0.1, -0.05) is 45.0 Å². The Morgan fingerprint density at radius 1 is 1.17 bits per heavy atom. The van der Waals surface area contributed by atoms with Crippen molar-refractivity contribution in [3.05, 3.63) is 63.5 Å². The van der Waals surface area contributed by atoms with Gasteiger partial charge < -0.3 is 4.74 Å². The van der Waals surface area contributed by atoms with Gasteiger partial charge in [-0.2, -0.15) is 0 Å². The number of carbonyl (C=O) groups is 3. The van der Waals surface area contributed by atoms with Crippen LogP contribution in [0.5, 0.6) is 0 Å². The lowest BCUT2D eigenvalue weighted by atomic mass is 9.69. The Morgan fingerprint density at radius 2 is 1.97 bits per heavy atom. The molecule has 2 amide bonds. The van der Waals surface area contributed by atoms with Crippen molar-refractivity contribution in [2.75, 3.05) is 13.2 Å². The van der Waals surface area contributed by atoms with Crippen LogP contribution < -0.4 is 0 Å². The van der Waals surface area contributed by atoms with Crippen molar-refractivity contribution < 1.29 is 19.1 Å². The number of esters is 1. The average Bonchev–Trinajstić information content (AvgIpc) is 3.52. The molecule has 0 radical (unpaired) electrons. The number of hydrogen-bond acceptors (Lipinski definition) is 6. The van der Waals surface area contributed by atoms with E-state index < -0.39 is 18.5 Å². The first-order valence-corrected chi connectivity index (χ1v) is 13.3. The van der Waals surface area contributed by atoms with Gasteiger partial charge in [0.05, 0.1) is 16.8 Å². The second-order valence-corrected chi connectivity index (χ2v) is 11.6. The number of hydrogen-bond donors (Lipinski definition) is 0. The Hall–Kier alpha value is -3.32. The third-order valence-corrected chi connectivity index (χ3v) is 8.02. The molecular weight excluding hydrogens is 472 g/mol. The zero-order chi connectivity index (χ0) is 25.4. The van der Waals surface area contributed by atoms with Crippen LogP contribution in [0.1, 0.15) is 66.5 Å². The number of pyridine rings is 1. The van der Waals surface area contributed by atoms with Gasteiger partial charge in [0.2, 0.25) is 5.91 Å². The van der Waals surface area contributed by atoms with Gasteiger partial charge in [0.15, 0.2) is 6.61 Å². The SMILES string of the molecule is CC(C)(C)[C@H]1C/C(=C\c2cccs2)c2nc3ccccc3c(C(=O)OCC(=O)N3CCCC3=O)c2C1. The van der Waals surface area contributed by atoms with E-state index in [2.05, 4.69) is 38.3 Å². The normalized spacial score (nSPS) is 19.1. The molecule has 0 spiro atoms. The lowest BCUT2D eigenvalue weighted by Crippen LogP contribution is -2.35. The first-order valence-electron chi connectivity index (χ1n) is 12.4. The molecule has 1 aliphatic carbocycles. The molecule has 0 N–H and O–H groups in total. The monoisotopic (exact) mass is 502 g/mol. The van der Waals surface area contributed by atoms with E-state index >= 15 is 0 Å². The fraction of sp³-hybridized carbons (Fsp3) is 0.379. The van der Waals surface area contributed by atoms with Crippen LogP contribution in [0.3, 0.4) is 0 Å². The third kappa shape index (κ3) is 4.72. The predicted octanol–water partition coefficient (Wildman–Crippen LogP) is 5.75. The van der Waals surface area contributed by atoms with E-state index in [9.17, 15) is 14.4 Å². The maximum atomic E-state index is 13.6. The van der Waals surface area contributed by atoms with E-state index in [0.29, 0.717) is 37.3 Å². The van der Waals surface area contributed by atoms with E-state index in [-0.39, 0.29) is 11.3 Å². The standard InChI is InChI=1S/C29H30N2O4S/c1-29(2,3)19-14-18(15-20-8-7-13-36-20)27-22(16-19)26(21-9-4-5-10-23(21)30-27)28(34)35-17-25(33)31-12-6-11-24(31)32/h4-5,7-10,13,15,19H,6,11-12,14,16-17H2,1-3H3/b18-15+/t19-/m0/s1. The van der Waals surface area contributed by atoms with E-state index in [4.69, 9.17) is 9.72 Å². The van der Waals surface area contributed by atoms with Crippen LogP contribution in [0.25, 0.3) is 22.6 Å². The van der Waals surface area contributed by atoms with Crippen molar-refractivity contribution in [1.29, 1.82) is 0 Å². The quantitative estimate of drug-likeness (QED) is 0.425. The molecule has 7 heteroatoms. The molecule has 0 unspecified atom stereocenters. The number of amides is 2. The van der Waals surface area contributed by atoms with Gasteiger partial charge in [0, 0.05) is 23.2 Å². The molecule has 1 aliphatic heterocycles. The minimum Gasteiger partial charge on any atom is -0.452 e. The van der Waals surface area contributed by atoms with Crippen LogP contribution in [0, 0.1) is 11.3 Å². The Bertz CT molecular complexity index is 1370. The summed E-state index contributed by atoms with van der Waals surface area (Å²) in [7, 11) is 0. The van der Waals surface area contributed by atoms with E-state index in [0.717, 1.165) is 39.0 Å². The summed E-state index contributed by atoms with van der Waals surface area (Å²) in [4.78, 5) is 45.4. The second-order valence-electron chi connectivity index (χ2n) is 10.6. The van der Waals surface area contributed by atoms with Gasteiger partial charge in [-0.15, -0.1) is 11.3 Å². The smallest absolute Gasteiger partial charge is 0.339 e. The minimum absolute atomic E-state index is 0.0190. The van der Waals surface area contributed by atoms with Gasteiger partial charge in [-0.3, -0.25) is 14.5 Å². The molecule has 1 atom stereocenters. The van der Waals surface area contributed by atoms with Crippen molar-refractivity contribution in [3.63, 3.8) is 0 Å². The number of imide groups is 1. The molecule has 2 aromatic heterocycles. The van der Waals surface area contributed by atoms with E-state index in [1.165, 1.54) is 4.90 Å². The number of benzene rings is 1. The van der Waals surface area contributed by atoms with Gasteiger partial charge >= 0.3 is 5.97 Å². The predicted molar refractivity (Wildman–Crippen MR) is 141 cm³/mol. The van der Waals surface area contributed by atoms with Gasteiger partial charge in [-0.25, -0.2) is 9.78 Å². The van der Waals surface area contributed by atoms with Crippen LogP contribution in [0.15, 0.2) is 41.8 Å². The highest BCUT2D eigenvalue weighted by Crippen LogP contribution is 2.45. The molecule has 5 rings (SSSR count). The maximum absolute atomic E-state index is 13.6. The van der Waals surface area contributed by atoms with Crippen LogP contribution in [0.4, 0.5) is 0 Å². The molecule has 1 fully saturated rings. The number of fused-ring (bicyclic) bond motifs is 2. The summed E-state index contributed by atoms with van der Waals surface area (Å²) >= 11 is 1.67. The van der Waals surface area contributed by atoms with Crippen molar-refractivity contribution in [2.45, 2.75) is 46.5 Å². The molecule has 0 bridgehead atoms. The first kappa shape index (κ1) is 24.4. The van der Waals surface area contributed by atoms with Crippen LogP contribution in [-0.2, 0) is 20.7 Å². The molecule has 0 saturated carbocycles. The number of allylic oxidation sites excluding steroid dienone is 1. The number of ether oxygens (including phenoxy) is 1. The summed E-state index contributed by atoms with van der Waals surface area (Å²) < 4.78 is 5.56. The summed E-state index contributed by atoms with van der Waals surface area (Å²) in [5.74, 6) is -0.924. The highest BCUT2D eigenvalue weighted by atomic mass is 32.1. The highest BCUT2D eigenvalue weighted by Gasteiger charge is 2.36. The van der Waals surface area contributed by atoms with Crippen molar-refractivity contribution in [2.24, 2.45) is 11.3 Å². The number of carbonyl (C=O) groups excluding carboxylic acids is 3. The molecule has 36 heavy (non-hydrogen) atoms. The largest absolute Gasteiger partial charge is 0.452 e. The van der Waals surface area contributed by atoms with Crippen LogP contribution in [0.2, 0.25) is 0 Å². The number of aromatic nitrogens is 1. The zero-order valence-corrected chi connectivity index (χ0v) is 21.7. The topological polar surface area (TPSA) is 76.6 Å². The number of nitrogens with zero attached hydrogens (tertiary/aromatic N) is 2. The van der Waals surface area contributed by atoms with Crippen molar-refractivity contribution >= 4 is 51.7 Å². The summed E-state index contributed by atoms with van der Waals surface area (Å²) in [6, 6.07) is 11.7. The molecule has 3 aromatic rings. The minimum atomic E-state index is -0.546. The summed E-state index contributed by atoms with van der Waals surface area (Å²) in [5, 5.41) is 2.77. The molecule has 3 heterocycles. The fourth-order valence-corrected chi connectivity index (χ4v) is 5.79. The number of rotatable bonds is 4. The summed E-state index contributed by atoms with van der Waals surface area (Å²) in [6.45, 7) is 6.61. The Labute approximate surface area is 215 Å². The summed E-state index contributed by atoms with van der Waals surface area (Å²) in [5.41, 5.74) is 4.02. The Morgan fingerprint density at radius 3 is 2.67 bits per heavy atom. The zero-order valence-electron chi connectivity index (χ0n) is 20.9. The fourth-order valence-electron chi connectivity index (χ4n) is 5.10. The molecular formula is C29H30N2O4S. The molecule has 1 aromatic carbocycles. The molecule has 2 aliphatic rings. The Kier molecular flexibility index (Phi) is 6.51. The third-order valence-electron chi connectivity index (χ3n) is 7.20. The first-order chi connectivity index (χ1) is 17.2. The van der Waals surface area contributed by atoms with E-state index in [1.807, 2.05) is 30.3 Å². The Balaban J connectivity index is 1.58. The molecule has 1 saturated heterocycles. The lowest BCUT2D eigenvalue weighted by Gasteiger charge is -2.36. The van der Waals surface area contributed by atoms with Crippen molar-refractivity contribution in [1.82, 2.24) is 9.88 Å². The van der Waals surface area contributed by atoms with Crippen LogP contribution >= 0.6 is 11.3 Å². The van der Waals surface area contributed by atoms with Crippen LogP contribution in [-0.4, -0.2) is 40.8 Å². The average molecular weight is 503 g/mol. The molecule has 186 valence electrons. The van der Waals surface area contributed by atoms with Gasteiger partial charge in [0.25, 0.3) is 5.91 Å².